The van der Waals surface area contributed by atoms with Gasteiger partial charge in [0.15, 0.2) is 5.16 Å². The number of amides is 2. The van der Waals surface area contributed by atoms with Crippen LogP contribution in [0.3, 0.4) is 0 Å². The van der Waals surface area contributed by atoms with Gasteiger partial charge in [-0.25, -0.2) is 4.79 Å². The summed E-state index contributed by atoms with van der Waals surface area (Å²) in [7, 11) is 0. The Morgan fingerprint density at radius 1 is 1.16 bits per heavy atom. The van der Waals surface area contributed by atoms with E-state index in [0.29, 0.717) is 33.2 Å². The first kappa shape index (κ1) is 23.5. The number of thioether (sulfide) groups is 1. The topological polar surface area (TPSA) is 115 Å². The van der Waals surface area contributed by atoms with Crippen molar-refractivity contribution in [2.75, 3.05) is 23.0 Å². The summed E-state index contributed by atoms with van der Waals surface area (Å²) in [6.07, 6.45) is 0. The number of aryl methyl sites for hydroxylation is 2. The highest BCUT2D eigenvalue weighted by molar-refractivity contribution is 7.99. The Bertz CT molecular complexity index is 1160. The first-order chi connectivity index (χ1) is 15.3. The van der Waals surface area contributed by atoms with E-state index in [4.69, 9.17) is 4.74 Å². The molecule has 0 radical (unpaired) electrons. The van der Waals surface area contributed by atoms with Crippen LogP contribution in [0.15, 0.2) is 35.5 Å². The molecule has 2 N–H and O–H groups in total. The molecule has 0 aliphatic carbocycles. The molecule has 0 aliphatic rings. The van der Waals surface area contributed by atoms with Gasteiger partial charge in [-0.2, -0.15) is 0 Å². The molecule has 2 heterocycles. The number of carbonyl (C=O) groups excluding carboxylic acids is 3. The minimum atomic E-state index is -0.394. The number of benzene rings is 1. The minimum absolute atomic E-state index is 0.106. The lowest BCUT2D eigenvalue weighted by molar-refractivity contribution is -0.114. The Balaban J connectivity index is 1.69. The second-order valence-corrected chi connectivity index (χ2v) is 8.77. The summed E-state index contributed by atoms with van der Waals surface area (Å²) in [5.41, 5.74) is 2.18. The molecule has 0 fully saturated rings. The third-order valence-electron chi connectivity index (χ3n) is 4.19. The van der Waals surface area contributed by atoms with E-state index >= 15 is 0 Å². The molecule has 0 saturated heterocycles. The van der Waals surface area contributed by atoms with Crippen LogP contribution in [0.1, 0.15) is 34.9 Å². The Morgan fingerprint density at radius 3 is 2.66 bits per heavy atom. The van der Waals surface area contributed by atoms with Crippen LogP contribution in [0.2, 0.25) is 0 Å². The number of hydrogen-bond acceptors (Lipinski definition) is 8. The average Bonchev–Trinajstić information content (AvgIpc) is 3.28. The summed E-state index contributed by atoms with van der Waals surface area (Å²) < 4.78 is 6.85. The molecule has 2 amide bonds. The number of nitrogens with one attached hydrogen (secondary N) is 2. The van der Waals surface area contributed by atoms with E-state index in [1.807, 2.05) is 29.7 Å². The molecule has 168 valence electrons. The fourth-order valence-corrected chi connectivity index (χ4v) is 4.69. The molecule has 0 unspecified atom stereocenters. The fourth-order valence-electron chi connectivity index (χ4n) is 2.91. The van der Waals surface area contributed by atoms with E-state index in [0.717, 1.165) is 11.3 Å². The van der Waals surface area contributed by atoms with E-state index in [9.17, 15) is 14.4 Å². The van der Waals surface area contributed by atoms with Gasteiger partial charge in [0, 0.05) is 12.6 Å². The summed E-state index contributed by atoms with van der Waals surface area (Å²) in [4.78, 5) is 36.3. The second kappa shape index (κ2) is 10.4. The molecule has 3 rings (SSSR count). The third-order valence-corrected chi connectivity index (χ3v) is 6.26. The van der Waals surface area contributed by atoms with Crippen molar-refractivity contribution in [3.8, 4) is 5.69 Å². The van der Waals surface area contributed by atoms with E-state index in [1.54, 1.807) is 26.0 Å². The molecule has 3 aromatic rings. The predicted molar refractivity (Wildman–Crippen MR) is 125 cm³/mol. The highest BCUT2D eigenvalue weighted by atomic mass is 32.2. The molecule has 1 aromatic carbocycles. The van der Waals surface area contributed by atoms with Gasteiger partial charge in [0.05, 0.1) is 23.0 Å². The van der Waals surface area contributed by atoms with Crippen LogP contribution in [0.25, 0.3) is 5.69 Å². The van der Waals surface area contributed by atoms with Gasteiger partial charge in [-0.1, -0.05) is 17.8 Å². The molecule has 32 heavy (non-hydrogen) atoms. The van der Waals surface area contributed by atoms with Gasteiger partial charge in [0.2, 0.25) is 11.8 Å². The van der Waals surface area contributed by atoms with E-state index in [1.165, 1.54) is 30.0 Å². The van der Waals surface area contributed by atoms with Gasteiger partial charge in [-0.3, -0.25) is 14.2 Å². The highest BCUT2D eigenvalue weighted by Gasteiger charge is 2.17. The van der Waals surface area contributed by atoms with Gasteiger partial charge in [0.25, 0.3) is 0 Å². The lowest BCUT2D eigenvalue weighted by Crippen LogP contribution is -2.13. The third kappa shape index (κ3) is 5.74. The number of aromatic nitrogens is 3. The molecule has 0 spiro atoms. The van der Waals surface area contributed by atoms with Crippen LogP contribution in [-0.4, -0.2) is 44.9 Å². The summed E-state index contributed by atoms with van der Waals surface area (Å²) in [6, 6.07) is 9.05. The molecule has 11 heteroatoms. The normalized spacial score (nSPS) is 10.6. The quantitative estimate of drug-likeness (QED) is 0.377. The smallest absolute Gasteiger partial charge is 0.348 e. The first-order valence-corrected chi connectivity index (χ1v) is 11.6. The van der Waals surface area contributed by atoms with Crippen LogP contribution in [0.5, 0.6) is 0 Å². The summed E-state index contributed by atoms with van der Waals surface area (Å²) in [6.45, 7) is 7.10. The largest absolute Gasteiger partial charge is 0.462 e. The van der Waals surface area contributed by atoms with Crippen LogP contribution in [0.4, 0.5) is 10.7 Å². The van der Waals surface area contributed by atoms with Crippen molar-refractivity contribution in [1.29, 1.82) is 0 Å². The fraction of sp³-hybridized carbons (Fsp3) is 0.286. The molecule has 0 aliphatic heterocycles. The van der Waals surface area contributed by atoms with Gasteiger partial charge < -0.3 is 15.4 Å². The summed E-state index contributed by atoms with van der Waals surface area (Å²) in [5.74, 6) is -0.0275. The van der Waals surface area contributed by atoms with E-state index in [2.05, 4.69) is 20.8 Å². The minimum Gasteiger partial charge on any atom is -0.462 e. The zero-order valence-corrected chi connectivity index (χ0v) is 19.7. The molecule has 9 nitrogen and oxygen atoms in total. The number of ether oxygens (including phenoxy) is 1. The lowest BCUT2D eigenvalue weighted by atomic mass is 10.2. The summed E-state index contributed by atoms with van der Waals surface area (Å²) in [5, 5.41) is 15.0. The van der Waals surface area contributed by atoms with Crippen molar-refractivity contribution in [2.24, 2.45) is 0 Å². The van der Waals surface area contributed by atoms with Crippen LogP contribution >= 0.6 is 23.1 Å². The Labute approximate surface area is 193 Å². The lowest BCUT2D eigenvalue weighted by Gasteiger charge is -2.10. The average molecular weight is 474 g/mol. The van der Waals surface area contributed by atoms with Gasteiger partial charge in [-0.05, 0) is 50.6 Å². The van der Waals surface area contributed by atoms with Gasteiger partial charge in [-0.15, -0.1) is 21.5 Å². The molecule has 2 aromatic heterocycles. The molecule has 0 saturated carbocycles. The van der Waals surface area contributed by atoms with Crippen LogP contribution < -0.4 is 10.6 Å². The first-order valence-electron chi connectivity index (χ1n) is 9.78. The molecular formula is C21H23N5O4S2. The van der Waals surface area contributed by atoms with E-state index in [-0.39, 0.29) is 17.6 Å². The van der Waals surface area contributed by atoms with Crippen molar-refractivity contribution in [3.05, 3.63) is 46.6 Å². The maximum absolute atomic E-state index is 12.5. The van der Waals surface area contributed by atoms with Gasteiger partial charge in [0.1, 0.15) is 10.7 Å². The highest BCUT2D eigenvalue weighted by Crippen LogP contribution is 2.28. The second-order valence-electron chi connectivity index (χ2n) is 6.78. The van der Waals surface area contributed by atoms with E-state index < -0.39 is 5.97 Å². The standard InChI is InChI=1S/C21H23N5O4S2/c1-5-30-20(29)19-12(2)9-18(32-19)23-17(28)11-31-21-25-24-13(3)26(21)16-8-6-7-15(10-16)22-14(4)27/h6-10H,5,11H2,1-4H3,(H,22,27)(H,23,28). The molecule has 0 bridgehead atoms. The Kier molecular flexibility index (Phi) is 7.65. The maximum atomic E-state index is 12.5. The Morgan fingerprint density at radius 2 is 1.94 bits per heavy atom. The number of nitrogens with zero attached hydrogens (tertiary/aromatic N) is 3. The predicted octanol–water partition coefficient (Wildman–Crippen LogP) is 3.81. The van der Waals surface area contributed by atoms with Crippen LogP contribution in [-0.2, 0) is 14.3 Å². The van der Waals surface area contributed by atoms with Crippen LogP contribution in [0, 0.1) is 13.8 Å². The SMILES string of the molecule is CCOC(=O)c1sc(NC(=O)CSc2nnc(C)n2-c2cccc(NC(C)=O)c2)cc1C. The monoisotopic (exact) mass is 473 g/mol. The van der Waals surface area contributed by atoms with Crippen molar-refractivity contribution < 1.29 is 19.1 Å². The number of thiophene rings is 1. The van der Waals surface area contributed by atoms with Crippen molar-refractivity contribution in [3.63, 3.8) is 0 Å². The summed E-state index contributed by atoms with van der Waals surface area (Å²) >= 11 is 2.42. The molecular weight excluding hydrogens is 450 g/mol. The number of anilines is 2. The zero-order chi connectivity index (χ0) is 23.3. The number of rotatable bonds is 8. The van der Waals surface area contributed by atoms with Crippen molar-refractivity contribution in [1.82, 2.24) is 14.8 Å². The number of hydrogen-bond donors (Lipinski definition) is 2. The van der Waals surface area contributed by atoms with Crippen molar-refractivity contribution >= 4 is 51.6 Å². The van der Waals surface area contributed by atoms with Crippen molar-refractivity contribution in [2.45, 2.75) is 32.9 Å². The zero-order valence-electron chi connectivity index (χ0n) is 18.1. The maximum Gasteiger partial charge on any atom is 0.348 e. The van der Waals surface area contributed by atoms with Gasteiger partial charge >= 0.3 is 5.97 Å². The Hall–Kier alpha value is -3.18. The molecule has 0 atom stereocenters. The number of carbonyl (C=O) groups is 3. The number of esters is 1.